The summed E-state index contributed by atoms with van der Waals surface area (Å²) < 4.78 is 4.91. The van der Waals surface area contributed by atoms with Gasteiger partial charge in [-0.25, -0.2) is 4.79 Å². The third kappa shape index (κ3) is 6.03. The van der Waals surface area contributed by atoms with Crippen molar-refractivity contribution in [3.8, 4) is 0 Å². The Bertz CT molecular complexity index is 363. The van der Waals surface area contributed by atoms with Gasteiger partial charge in [-0.05, 0) is 5.41 Å². The van der Waals surface area contributed by atoms with Crippen molar-refractivity contribution in [2.24, 2.45) is 11.3 Å². The van der Waals surface area contributed by atoms with Crippen molar-refractivity contribution in [1.82, 2.24) is 0 Å². The number of rotatable bonds is 6. The van der Waals surface area contributed by atoms with E-state index in [-0.39, 0.29) is 12.0 Å². The molecule has 0 bridgehead atoms. The van der Waals surface area contributed by atoms with Crippen LogP contribution in [-0.4, -0.2) is 34.7 Å². The maximum atomic E-state index is 11.7. The van der Waals surface area contributed by atoms with Crippen molar-refractivity contribution in [1.29, 1.82) is 0 Å². The van der Waals surface area contributed by atoms with Crippen molar-refractivity contribution in [2.45, 2.75) is 27.2 Å². The van der Waals surface area contributed by atoms with E-state index in [2.05, 4.69) is 6.58 Å². The lowest BCUT2D eigenvalue weighted by Gasteiger charge is -2.20. The summed E-state index contributed by atoms with van der Waals surface area (Å²) in [6.07, 6.45) is -0.645. The highest BCUT2D eigenvalue weighted by molar-refractivity contribution is 5.95. The predicted octanol–water partition coefficient (Wildman–Crippen LogP) is 1.31. The SMILES string of the molecule is C=C(C(=O)O)C(CC(=O)O)C(=O)OCC(C)(C)C. The number of hydrogen-bond donors (Lipinski definition) is 2. The molecule has 0 spiro atoms. The lowest BCUT2D eigenvalue weighted by atomic mass is 9.96. The van der Waals surface area contributed by atoms with Crippen LogP contribution in [0.15, 0.2) is 12.2 Å². The van der Waals surface area contributed by atoms with Gasteiger partial charge in [0.15, 0.2) is 0 Å². The maximum absolute atomic E-state index is 11.7. The standard InChI is InChI=1S/C12H18O6/c1-7(10(15)16)8(5-9(13)14)11(17)18-6-12(2,3)4/h8H,1,5-6H2,2-4H3,(H,13,14)(H,15,16). The van der Waals surface area contributed by atoms with Gasteiger partial charge in [0.1, 0.15) is 0 Å². The topological polar surface area (TPSA) is 101 Å². The minimum atomic E-state index is -1.41. The lowest BCUT2D eigenvalue weighted by molar-refractivity contribution is -0.155. The smallest absolute Gasteiger partial charge is 0.331 e. The van der Waals surface area contributed by atoms with Gasteiger partial charge in [0.25, 0.3) is 0 Å². The normalized spacial score (nSPS) is 12.6. The third-order valence-corrected chi connectivity index (χ3v) is 2.01. The summed E-state index contributed by atoms with van der Waals surface area (Å²) in [5.74, 6) is -4.92. The Morgan fingerprint density at radius 1 is 1.22 bits per heavy atom. The molecule has 0 aliphatic rings. The molecule has 0 aromatic carbocycles. The zero-order valence-electron chi connectivity index (χ0n) is 10.7. The van der Waals surface area contributed by atoms with E-state index in [0.29, 0.717) is 0 Å². The van der Waals surface area contributed by atoms with Crippen LogP contribution in [0, 0.1) is 11.3 Å². The fourth-order valence-corrected chi connectivity index (χ4v) is 1.06. The van der Waals surface area contributed by atoms with Crippen molar-refractivity contribution < 1.29 is 29.3 Å². The van der Waals surface area contributed by atoms with Gasteiger partial charge in [-0.1, -0.05) is 27.4 Å². The molecule has 6 nitrogen and oxygen atoms in total. The highest BCUT2D eigenvalue weighted by Gasteiger charge is 2.30. The number of ether oxygens (including phenoxy) is 1. The molecular weight excluding hydrogens is 240 g/mol. The summed E-state index contributed by atoms with van der Waals surface area (Å²) in [6.45, 7) is 8.78. The minimum absolute atomic E-state index is 0.0782. The highest BCUT2D eigenvalue weighted by Crippen LogP contribution is 2.19. The zero-order chi connectivity index (χ0) is 14.5. The molecule has 1 unspecified atom stereocenters. The Labute approximate surface area is 105 Å². The van der Waals surface area contributed by atoms with Crippen LogP contribution >= 0.6 is 0 Å². The fraction of sp³-hybridized carbons (Fsp3) is 0.583. The van der Waals surface area contributed by atoms with Crippen LogP contribution in [0.2, 0.25) is 0 Å². The molecule has 0 aromatic heterocycles. The Hall–Kier alpha value is -1.85. The lowest BCUT2D eigenvalue weighted by Crippen LogP contribution is -2.28. The zero-order valence-corrected chi connectivity index (χ0v) is 10.7. The Balaban J connectivity index is 4.76. The van der Waals surface area contributed by atoms with Gasteiger partial charge in [0.2, 0.25) is 0 Å². The van der Waals surface area contributed by atoms with Crippen molar-refractivity contribution in [3.05, 3.63) is 12.2 Å². The van der Waals surface area contributed by atoms with E-state index in [1.54, 1.807) is 0 Å². The molecule has 6 heteroatoms. The molecule has 18 heavy (non-hydrogen) atoms. The Morgan fingerprint density at radius 2 is 1.72 bits per heavy atom. The van der Waals surface area contributed by atoms with E-state index in [9.17, 15) is 14.4 Å². The second-order valence-electron chi connectivity index (χ2n) is 5.15. The molecule has 0 amide bonds. The number of carbonyl (C=O) groups excluding carboxylic acids is 1. The fourth-order valence-electron chi connectivity index (χ4n) is 1.06. The van der Waals surface area contributed by atoms with Gasteiger partial charge in [0.05, 0.1) is 18.9 Å². The van der Waals surface area contributed by atoms with Crippen molar-refractivity contribution in [2.75, 3.05) is 6.61 Å². The summed E-state index contributed by atoms with van der Waals surface area (Å²) in [5, 5.41) is 17.4. The van der Waals surface area contributed by atoms with E-state index in [1.807, 2.05) is 20.8 Å². The average Bonchev–Trinajstić information content (AvgIpc) is 2.20. The molecule has 0 aliphatic carbocycles. The van der Waals surface area contributed by atoms with Crippen molar-refractivity contribution >= 4 is 17.9 Å². The maximum Gasteiger partial charge on any atom is 0.331 e. The quantitative estimate of drug-likeness (QED) is 0.550. The van der Waals surface area contributed by atoms with E-state index < -0.39 is 35.8 Å². The second-order valence-corrected chi connectivity index (χ2v) is 5.15. The Kier molecular flexibility index (Phi) is 5.55. The molecule has 0 rings (SSSR count). The van der Waals surface area contributed by atoms with Gasteiger partial charge < -0.3 is 14.9 Å². The van der Waals surface area contributed by atoms with Gasteiger partial charge in [0, 0.05) is 5.57 Å². The molecular formula is C12H18O6. The van der Waals surface area contributed by atoms with Crippen LogP contribution in [0.5, 0.6) is 0 Å². The van der Waals surface area contributed by atoms with Crippen LogP contribution in [-0.2, 0) is 19.1 Å². The summed E-state index contributed by atoms with van der Waals surface area (Å²) in [5.41, 5.74) is -0.759. The van der Waals surface area contributed by atoms with E-state index in [0.717, 1.165) is 0 Å². The van der Waals surface area contributed by atoms with Crippen LogP contribution in [0.4, 0.5) is 0 Å². The van der Waals surface area contributed by atoms with Crippen LogP contribution in [0.3, 0.4) is 0 Å². The molecule has 0 saturated heterocycles. The third-order valence-electron chi connectivity index (χ3n) is 2.01. The monoisotopic (exact) mass is 258 g/mol. The summed E-state index contributed by atoms with van der Waals surface area (Å²) >= 11 is 0. The molecule has 0 aromatic rings. The van der Waals surface area contributed by atoms with E-state index in [1.165, 1.54) is 0 Å². The minimum Gasteiger partial charge on any atom is -0.481 e. The second kappa shape index (κ2) is 6.18. The molecule has 0 saturated carbocycles. The van der Waals surface area contributed by atoms with Gasteiger partial charge in [-0.3, -0.25) is 9.59 Å². The number of carboxylic acids is 2. The summed E-state index contributed by atoms with van der Waals surface area (Å²) in [6, 6.07) is 0. The van der Waals surface area contributed by atoms with Crippen LogP contribution < -0.4 is 0 Å². The summed E-state index contributed by atoms with van der Waals surface area (Å²) in [7, 11) is 0. The van der Waals surface area contributed by atoms with Gasteiger partial charge in [-0.2, -0.15) is 0 Å². The molecule has 102 valence electrons. The first-order chi connectivity index (χ1) is 8.04. The summed E-state index contributed by atoms with van der Waals surface area (Å²) in [4.78, 5) is 33.0. The van der Waals surface area contributed by atoms with Crippen LogP contribution in [0.1, 0.15) is 27.2 Å². The first-order valence-corrected chi connectivity index (χ1v) is 5.35. The van der Waals surface area contributed by atoms with Gasteiger partial charge in [-0.15, -0.1) is 0 Å². The molecule has 2 N–H and O–H groups in total. The number of esters is 1. The first-order valence-electron chi connectivity index (χ1n) is 5.35. The van der Waals surface area contributed by atoms with Crippen molar-refractivity contribution in [3.63, 3.8) is 0 Å². The average molecular weight is 258 g/mol. The predicted molar refractivity (Wildman–Crippen MR) is 62.9 cm³/mol. The van der Waals surface area contributed by atoms with E-state index >= 15 is 0 Å². The number of carboxylic acid groups (broad SMARTS) is 2. The van der Waals surface area contributed by atoms with E-state index in [4.69, 9.17) is 14.9 Å². The molecule has 1 atom stereocenters. The molecule has 0 radical (unpaired) electrons. The Morgan fingerprint density at radius 3 is 2.06 bits per heavy atom. The number of carbonyl (C=O) groups is 3. The molecule has 0 heterocycles. The molecule has 0 aliphatic heterocycles. The number of hydrogen-bond acceptors (Lipinski definition) is 4. The van der Waals surface area contributed by atoms with Crippen LogP contribution in [0.25, 0.3) is 0 Å². The highest BCUT2D eigenvalue weighted by atomic mass is 16.5. The van der Waals surface area contributed by atoms with Gasteiger partial charge >= 0.3 is 17.9 Å². The molecule has 0 fully saturated rings. The number of aliphatic carboxylic acids is 2. The largest absolute Gasteiger partial charge is 0.481 e. The first kappa shape index (κ1) is 16.1.